The van der Waals surface area contributed by atoms with Crippen molar-refractivity contribution in [2.45, 2.75) is 0 Å². The second-order valence-corrected chi connectivity index (χ2v) is 1.36. The Kier molecular flexibility index (Phi) is 5.24. The number of aliphatic hydroxyl groups is 1. The standard InChI is InChI=1S/C4H9OP/c5-3-1-2-4-6/h1-2,5H,3-4,6H2. The maximum atomic E-state index is 8.10. The molecule has 1 atom stereocenters. The topological polar surface area (TPSA) is 20.2 Å². The lowest BCUT2D eigenvalue weighted by molar-refractivity contribution is 0.342. The van der Waals surface area contributed by atoms with Crippen molar-refractivity contribution in [1.29, 1.82) is 0 Å². The average Bonchev–Trinajstić information content (AvgIpc) is 1.61. The lowest BCUT2D eigenvalue weighted by Gasteiger charge is -1.73. The summed E-state index contributed by atoms with van der Waals surface area (Å²) in [5.41, 5.74) is 0. The number of hydrogen-bond acceptors (Lipinski definition) is 1. The van der Waals surface area contributed by atoms with E-state index in [9.17, 15) is 0 Å². The van der Waals surface area contributed by atoms with E-state index >= 15 is 0 Å². The van der Waals surface area contributed by atoms with E-state index in [1.165, 1.54) is 0 Å². The highest BCUT2D eigenvalue weighted by Crippen LogP contribution is 1.79. The summed E-state index contributed by atoms with van der Waals surface area (Å²) < 4.78 is 0. The SMILES string of the molecule is OCC=CCP. The Morgan fingerprint density at radius 2 is 2.17 bits per heavy atom. The van der Waals surface area contributed by atoms with E-state index < -0.39 is 0 Å². The summed E-state index contributed by atoms with van der Waals surface area (Å²) in [6.07, 6.45) is 4.54. The van der Waals surface area contributed by atoms with Gasteiger partial charge in [-0.15, -0.1) is 9.24 Å². The normalized spacial score (nSPS) is 10.3. The first-order valence-electron chi connectivity index (χ1n) is 1.87. The van der Waals surface area contributed by atoms with Gasteiger partial charge in [-0.3, -0.25) is 0 Å². The highest BCUT2D eigenvalue weighted by Gasteiger charge is 1.60. The van der Waals surface area contributed by atoms with Crippen LogP contribution >= 0.6 is 9.24 Å². The van der Waals surface area contributed by atoms with E-state index in [0.717, 1.165) is 6.16 Å². The van der Waals surface area contributed by atoms with Crippen molar-refractivity contribution in [2.24, 2.45) is 0 Å². The fraction of sp³-hybridized carbons (Fsp3) is 0.500. The van der Waals surface area contributed by atoms with E-state index in [4.69, 9.17) is 5.11 Å². The zero-order chi connectivity index (χ0) is 4.83. The van der Waals surface area contributed by atoms with Gasteiger partial charge in [0.25, 0.3) is 0 Å². The second kappa shape index (κ2) is 5.13. The maximum Gasteiger partial charge on any atom is 0.0612 e. The Morgan fingerprint density at radius 1 is 1.50 bits per heavy atom. The summed E-state index contributed by atoms with van der Waals surface area (Å²) in [4.78, 5) is 0. The number of allylic oxidation sites excluding steroid dienone is 1. The molecule has 0 fully saturated rings. The Morgan fingerprint density at radius 3 is 2.33 bits per heavy atom. The van der Waals surface area contributed by atoms with Crippen LogP contribution in [0.4, 0.5) is 0 Å². The molecule has 0 bridgehead atoms. The monoisotopic (exact) mass is 104 g/mol. The fourth-order valence-corrected chi connectivity index (χ4v) is 0.363. The molecule has 36 valence electrons. The molecule has 0 heterocycles. The molecule has 0 saturated carbocycles. The molecule has 2 heteroatoms. The highest BCUT2D eigenvalue weighted by atomic mass is 31.0. The molecule has 0 radical (unpaired) electrons. The third-order valence-corrected chi connectivity index (χ3v) is 0.680. The smallest absolute Gasteiger partial charge is 0.0612 e. The number of aliphatic hydroxyl groups excluding tert-OH is 1. The van der Waals surface area contributed by atoms with Crippen LogP contribution in [-0.2, 0) is 0 Å². The predicted octanol–water partition coefficient (Wildman–Crippen LogP) is 0.410. The van der Waals surface area contributed by atoms with Gasteiger partial charge in [0.05, 0.1) is 6.61 Å². The minimum atomic E-state index is 0.161. The molecule has 0 aliphatic heterocycles. The lowest BCUT2D eigenvalue weighted by Crippen LogP contribution is -1.69. The van der Waals surface area contributed by atoms with Crippen molar-refractivity contribution in [3.8, 4) is 0 Å². The highest BCUT2D eigenvalue weighted by molar-refractivity contribution is 7.16. The zero-order valence-electron chi connectivity index (χ0n) is 3.59. The first-order valence-corrected chi connectivity index (χ1v) is 2.69. The lowest BCUT2D eigenvalue weighted by atomic mass is 10.6. The van der Waals surface area contributed by atoms with Crippen LogP contribution in [-0.4, -0.2) is 17.9 Å². The van der Waals surface area contributed by atoms with Crippen molar-refractivity contribution < 1.29 is 5.11 Å². The quantitative estimate of drug-likeness (QED) is 0.397. The summed E-state index contributed by atoms with van der Waals surface area (Å²) in [6, 6.07) is 0. The molecule has 0 aromatic rings. The molecule has 0 aliphatic carbocycles. The number of hydrogen-bond donors (Lipinski definition) is 1. The van der Waals surface area contributed by atoms with Gasteiger partial charge in [0, 0.05) is 0 Å². The van der Waals surface area contributed by atoms with Crippen LogP contribution in [0.3, 0.4) is 0 Å². The van der Waals surface area contributed by atoms with Crippen LogP contribution in [0, 0.1) is 0 Å². The van der Waals surface area contributed by atoms with E-state index in [1.807, 2.05) is 6.08 Å². The van der Waals surface area contributed by atoms with E-state index in [-0.39, 0.29) is 6.61 Å². The molecular weight excluding hydrogens is 95.0 g/mol. The molecule has 0 amide bonds. The Labute approximate surface area is 40.3 Å². The molecule has 0 saturated heterocycles. The molecule has 6 heavy (non-hydrogen) atoms. The molecule has 1 N–H and O–H groups in total. The summed E-state index contributed by atoms with van der Waals surface area (Å²) in [5.74, 6) is 0. The minimum Gasteiger partial charge on any atom is -0.392 e. The van der Waals surface area contributed by atoms with Crippen LogP contribution in [0.15, 0.2) is 12.2 Å². The van der Waals surface area contributed by atoms with Gasteiger partial charge in [0.1, 0.15) is 0 Å². The fourth-order valence-electron chi connectivity index (χ4n) is 0.171. The molecule has 1 nitrogen and oxygen atoms in total. The summed E-state index contributed by atoms with van der Waals surface area (Å²) in [5, 5.41) is 8.10. The van der Waals surface area contributed by atoms with Gasteiger partial charge in [0.2, 0.25) is 0 Å². The van der Waals surface area contributed by atoms with Crippen LogP contribution in [0.1, 0.15) is 0 Å². The molecule has 1 unspecified atom stereocenters. The second-order valence-electron chi connectivity index (χ2n) is 0.890. The zero-order valence-corrected chi connectivity index (χ0v) is 4.75. The van der Waals surface area contributed by atoms with E-state index in [1.54, 1.807) is 6.08 Å². The van der Waals surface area contributed by atoms with Crippen molar-refractivity contribution in [1.82, 2.24) is 0 Å². The van der Waals surface area contributed by atoms with Crippen LogP contribution < -0.4 is 0 Å². The van der Waals surface area contributed by atoms with Gasteiger partial charge >= 0.3 is 0 Å². The van der Waals surface area contributed by atoms with Crippen molar-refractivity contribution in [2.75, 3.05) is 12.8 Å². The average molecular weight is 104 g/mol. The van der Waals surface area contributed by atoms with E-state index in [0.29, 0.717) is 0 Å². The van der Waals surface area contributed by atoms with Gasteiger partial charge < -0.3 is 5.11 Å². The summed E-state index contributed by atoms with van der Waals surface area (Å²) in [7, 11) is 2.53. The Hall–Kier alpha value is 0.130. The third-order valence-electron chi connectivity index (χ3n) is 0.408. The third kappa shape index (κ3) is 4.13. The van der Waals surface area contributed by atoms with Gasteiger partial charge in [-0.05, 0) is 6.16 Å². The maximum absolute atomic E-state index is 8.10. The van der Waals surface area contributed by atoms with Crippen molar-refractivity contribution in [3.63, 3.8) is 0 Å². The van der Waals surface area contributed by atoms with Crippen LogP contribution in [0.25, 0.3) is 0 Å². The predicted molar refractivity (Wildman–Crippen MR) is 30.8 cm³/mol. The molecule has 0 aliphatic rings. The van der Waals surface area contributed by atoms with Gasteiger partial charge in [-0.1, -0.05) is 12.2 Å². The van der Waals surface area contributed by atoms with Crippen LogP contribution in [0.5, 0.6) is 0 Å². The minimum absolute atomic E-state index is 0.161. The molecule has 0 aromatic carbocycles. The first kappa shape index (κ1) is 6.13. The van der Waals surface area contributed by atoms with Gasteiger partial charge in [-0.2, -0.15) is 0 Å². The van der Waals surface area contributed by atoms with Crippen LogP contribution in [0.2, 0.25) is 0 Å². The number of rotatable bonds is 2. The molecule has 0 aromatic heterocycles. The Bertz CT molecular complexity index is 36.8. The van der Waals surface area contributed by atoms with Gasteiger partial charge in [-0.25, -0.2) is 0 Å². The molecule has 0 spiro atoms. The largest absolute Gasteiger partial charge is 0.392 e. The van der Waals surface area contributed by atoms with E-state index in [2.05, 4.69) is 9.24 Å². The summed E-state index contributed by atoms with van der Waals surface area (Å²) >= 11 is 0. The van der Waals surface area contributed by atoms with Crippen molar-refractivity contribution in [3.05, 3.63) is 12.2 Å². The summed E-state index contributed by atoms with van der Waals surface area (Å²) in [6.45, 7) is 0.161. The first-order chi connectivity index (χ1) is 2.91. The Balaban J connectivity index is 2.73. The molecular formula is C4H9OP. The van der Waals surface area contributed by atoms with Gasteiger partial charge in [0.15, 0.2) is 0 Å². The molecule has 0 rings (SSSR count). The van der Waals surface area contributed by atoms with Crippen molar-refractivity contribution >= 4 is 9.24 Å².